The molecular formula is C23H28ClFN2O3. The molecule has 1 N–H and O–H groups in total. The highest BCUT2D eigenvalue weighted by atomic mass is 35.5. The number of benzene rings is 2. The van der Waals surface area contributed by atoms with E-state index < -0.39 is 17.8 Å². The summed E-state index contributed by atoms with van der Waals surface area (Å²) in [5.41, 5.74) is 0.832. The minimum atomic E-state index is -0.658. The first-order chi connectivity index (χ1) is 14.5. The second-order valence-corrected chi connectivity index (χ2v) is 7.37. The molecule has 0 aromatic heterocycles. The lowest BCUT2D eigenvalue weighted by molar-refractivity contribution is -0.143. The Morgan fingerprint density at radius 3 is 2.47 bits per heavy atom. The number of rotatable bonds is 11. The van der Waals surface area contributed by atoms with Crippen LogP contribution in [0.4, 0.5) is 4.39 Å². The van der Waals surface area contributed by atoms with Gasteiger partial charge in [-0.15, -0.1) is 0 Å². The summed E-state index contributed by atoms with van der Waals surface area (Å²) < 4.78 is 19.2. The first-order valence-corrected chi connectivity index (χ1v) is 10.5. The number of amides is 2. The van der Waals surface area contributed by atoms with Gasteiger partial charge in [0.15, 0.2) is 18.2 Å². The number of nitrogens with one attached hydrogen (secondary N) is 1. The van der Waals surface area contributed by atoms with Crippen molar-refractivity contribution in [3.63, 3.8) is 0 Å². The maximum atomic E-state index is 13.8. The Bertz CT molecular complexity index is 829. The Morgan fingerprint density at radius 1 is 1.13 bits per heavy atom. The van der Waals surface area contributed by atoms with Crippen molar-refractivity contribution in [3.8, 4) is 5.75 Å². The van der Waals surface area contributed by atoms with E-state index in [2.05, 4.69) is 5.32 Å². The zero-order chi connectivity index (χ0) is 21.9. The number of ether oxygens (including phenoxy) is 1. The molecule has 0 unspecified atom stereocenters. The molecule has 0 saturated heterocycles. The highest BCUT2D eigenvalue weighted by molar-refractivity contribution is 6.30. The van der Waals surface area contributed by atoms with E-state index in [0.29, 0.717) is 18.0 Å². The van der Waals surface area contributed by atoms with Crippen LogP contribution in [0, 0.1) is 5.82 Å². The summed E-state index contributed by atoms with van der Waals surface area (Å²) >= 11 is 5.95. The number of hydrogen-bond acceptors (Lipinski definition) is 3. The third-order valence-corrected chi connectivity index (χ3v) is 4.92. The van der Waals surface area contributed by atoms with Crippen LogP contribution in [0.3, 0.4) is 0 Å². The number of nitrogens with zero attached hydrogens (tertiary/aromatic N) is 1. The quantitative estimate of drug-likeness (QED) is 0.526. The molecule has 5 nitrogen and oxygen atoms in total. The van der Waals surface area contributed by atoms with Crippen LogP contribution in [0.15, 0.2) is 48.5 Å². The lowest BCUT2D eigenvalue weighted by Crippen LogP contribution is -2.50. The molecule has 7 heteroatoms. The molecule has 2 aromatic carbocycles. The summed E-state index contributed by atoms with van der Waals surface area (Å²) in [6, 6.07) is 12.3. The van der Waals surface area contributed by atoms with Gasteiger partial charge in [0.25, 0.3) is 5.91 Å². The molecular weight excluding hydrogens is 407 g/mol. The van der Waals surface area contributed by atoms with E-state index in [1.54, 1.807) is 24.3 Å². The fourth-order valence-electron chi connectivity index (χ4n) is 3.00. The van der Waals surface area contributed by atoms with E-state index in [1.165, 1.54) is 17.0 Å². The van der Waals surface area contributed by atoms with Crippen LogP contribution in [0.25, 0.3) is 0 Å². The smallest absolute Gasteiger partial charge is 0.261 e. The summed E-state index contributed by atoms with van der Waals surface area (Å²) in [7, 11) is 0. The van der Waals surface area contributed by atoms with Gasteiger partial charge in [0.2, 0.25) is 5.91 Å². The van der Waals surface area contributed by atoms with Gasteiger partial charge in [0, 0.05) is 18.1 Å². The Labute approximate surface area is 182 Å². The van der Waals surface area contributed by atoms with Gasteiger partial charge in [-0.1, -0.05) is 56.1 Å². The van der Waals surface area contributed by atoms with Gasteiger partial charge in [0.05, 0.1) is 0 Å². The minimum absolute atomic E-state index is 0.00209. The van der Waals surface area contributed by atoms with Crippen molar-refractivity contribution in [3.05, 3.63) is 64.9 Å². The fraction of sp³-hybridized carbons (Fsp3) is 0.391. The van der Waals surface area contributed by atoms with Crippen LogP contribution in [-0.4, -0.2) is 35.9 Å². The largest absolute Gasteiger partial charge is 0.481 e. The summed E-state index contributed by atoms with van der Waals surface area (Å²) in [5.74, 6) is -1.15. The number of unbranched alkanes of at least 4 members (excludes halogenated alkanes) is 1. The van der Waals surface area contributed by atoms with Gasteiger partial charge < -0.3 is 15.0 Å². The zero-order valence-corrected chi connectivity index (χ0v) is 18.1. The molecule has 2 rings (SSSR count). The van der Waals surface area contributed by atoms with E-state index in [0.717, 1.165) is 18.4 Å². The van der Waals surface area contributed by atoms with Gasteiger partial charge in [-0.05, 0) is 42.7 Å². The van der Waals surface area contributed by atoms with E-state index in [4.69, 9.17) is 16.3 Å². The molecule has 2 amide bonds. The summed E-state index contributed by atoms with van der Waals surface area (Å²) in [5, 5.41) is 3.48. The van der Waals surface area contributed by atoms with Crippen molar-refractivity contribution in [1.29, 1.82) is 0 Å². The number of para-hydroxylation sites is 1. The van der Waals surface area contributed by atoms with Crippen molar-refractivity contribution < 1.29 is 18.7 Å². The third-order valence-electron chi connectivity index (χ3n) is 4.67. The molecule has 0 aliphatic heterocycles. The topological polar surface area (TPSA) is 58.6 Å². The van der Waals surface area contributed by atoms with Gasteiger partial charge in [0.1, 0.15) is 6.04 Å². The molecule has 30 heavy (non-hydrogen) atoms. The molecule has 0 spiro atoms. The Morgan fingerprint density at radius 2 is 1.83 bits per heavy atom. The Hall–Kier alpha value is -2.60. The Balaban J connectivity index is 2.17. The number of carbonyl (C=O) groups excluding carboxylic acids is 2. The van der Waals surface area contributed by atoms with Crippen LogP contribution >= 0.6 is 11.6 Å². The van der Waals surface area contributed by atoms with Gasteiger partial charge in [-0.2, -0.15) is 0 Å². The molecule has 0 bridgehead atoms. The third kappa shape index (κ3) is 7.02. The maximum Gasteiger partial charge on any atom is 0.261 e. The normalized spacial score (nSPS) is 11.6. The van der Waals surface area contributed by atoms with E-state index in [-0.39, 0.29) is 24.8 Å². The SMILES string of the molecule is CCCCNC(=O)[C@@H](CC)N(Cc1ccc(Cl)cc1)C(=O)COc1ccccc1F. The highest BCUT2D eigenvalue weighted by Crippen LogP contribution is 2.18. The van der Waals surface area contributed by atoms with Crippen LogP contribution in [0.1, 0.15) is 38.7 Å². The van der Waals surface area contributed by atoms with Crippen molar-refractivity contribution in [2.45, 2.75) is 45.7 Å². The van der Waals surface area contributed by atoms with E-state index in [1.807, 2.05) is 26.0 Å². The van der Waals surface area contributed by atoms with E-state index >= 15 is 0 Å². The number of carbonyl (C=O) groups is 2. The monoisotopic (exact) mass is 434 g/mol. The molecule has 0 radical (unpaired) electrons. The second-order valence-electron chi connectivity index (χ2n) is 6.94. The molecule has 1 atom stereocenters. The van der Waals surface area contributed by atoms with Crippen molar-refractivity contribution in [2.75, 3.05) is 13.2 Å². The maximum absolute atomic E-state index is 13.8. The molecule has 0 aliphatic carbocycles. The van der Waals surface area contributed by atoms with Crippen LogP contribution in [0.2, 0.25) is 5.02 Å². The van der Waals surface area contributed by atoms with Crippen molar-refractivity contribution in [2.24, 2.45) is 0 Å². The Kier molecular flexibility index (Phi) is 9.61. The van der Waals surface area contributed by atoms with Crippen LogP contribution < -0.4 is 10.1 Å². The van der Waals surface area contributed by atoms with Crippen LogP contribution in [-0.2, 0) is 16.1 Å². The fourth-order valence-corrected chi connectivity index (χ4v) is 3.12. The zero-order valence-electron chi connectivity index (χ0n) is 17.4. The molecule has 162 valence electrons. The highest BCUT2D eigenvalue weighted by Gasteiger charge is 2.29. The van der Waals surface area contributed by atoms with Gasteiger partial charge in [-0.25, -0.2) is 4.39 Å². The first-order valence-electron chi connectivity index (χ1n) is 10.1. The lowest BCUT2D eigenvalue weighted by atomic mass is 10.1. The predicted octanol–water partition coefficient (Wildman–Crippen LogP) is 4.58. The first kappa shape index (κ1) is 23.7. The van der Waals surface area contributed by atoms with Gasteiger partial charge >= 0.3 is 0 Å². The van der Waals surface area contributed by atoms with Crippen LogP contribution in [0.5, 0.6) is 5.75 Å². The van der Waals surface area contributed by atoms with E-state index in [9.17, 15) is 14.0 Å². The molecule has 2 aromatic rings. The minimum Gasteiger partial charge on any atom is -0.481 e. The van der Waals surface area contributed by atoms with Gasteiger partial charge in [-0.3, -0.25) is 9.59 Å². The molecule has 0 fully saturated rings. The number of hydrogen-bond donors (Lipinski definition) is 1. The standard InChI is InChI=1S/C23H28ClFN2O3/c1-3-5-14-26-23(29)20(4-2)27(15-17-10-12-18(24)13-11-17)22(28)16-30-21-9-7-6-8-19(21)25/h6-13,20H,3-5,14-16H2,1-2H3,(H,26,29)/t20-/m1/s1. The second kappa shape index (κ2) is 12.2. The summed E-state index contributed by atoms with van der Waals surface area (Å²) in [6.45, 7) is 4.30. The molecule has 0 heterocycles. The molecule has 0 saturated carbocycles. The summed E-state index contributed by atoms with van der Waals surface area (Å²) in [4.78, 5) is 27.2. The predicted molar refractivity (Wildman–Crippen MR) is 116 cm³/mol. The average Bonchev–Trinajstić information content (AvgIpc) is 2.74. The van der Waals surface area contributed by atoms with Crippen molar-refractivity contribution in [1.82, 2.24) is 10.2 Å². The average molecular weight is 435 g/mol. The lowest BCUT2D eigenvalue weighted by Gasteiger charge is -2.30. The number of halogens is 2. The molecule has 0 aliphatic rings. The van der Waals surface area contributed by atoms with Crippen molar-refractivity contribution >= 4 is 23.4 Å². The summed E-state index contributed by atoms with van der Waals surface area (Å²) in [6.07, 6.45) is 2.27.